The lowest BCUT2D eigenvalue weighted by Gasteiger charge is -2.39. The van der Waals surface area contributed by atoms with Crippen LogP contribution in [0.4, 0.5) is 0 Å². The van der Waals surface area contributed by atoms with Gasteiger partial charge in [-0.1, -0.05) is 6.42 Å². The van der Waals surface area contributed by atoms with Gasteiger partial charge in [-0.2, -0.15) is 0 Å². The highest BCUT2D eigenvalue weighted by Gasteiger charge is 2.32. The van der Waals surface area contributed by atoms with Crippen LogP contribution in [0.25, 0.3) is 0 Å². The van der Waals surface area contributed by atoms with Crippen molar-refractivity contribution in [3.8, 4) is 0 Å². The quantitative estimate of drug-likeness (QED) is 0.691. The number of aliphatic hydroxyl groups excluding tert-OH is 1. The molecule has 0 spiro atoms. The third kappa shape index (κ3) is 1.57. The predicted molar refractivity (Wildman–Crippen MR) is 54.2 cm³/mol. The first-order chi connectivity index (χ1) is 6.70. The van der Waals surface area contributed by atoms with Gasteiger partial charge >= 0.3 is 0 Å². The Morgan fingerprint density at radius 3 is 2.93 bits per heavy atom. The van der Waals surface area contributed by atoms with Gasteiger partial charge in [-0.25, -0.2) is 0 Å². The second-order valence-electron chi connectivity index (χ2n) is 4.22. The Morgan fingerprint density at radius 2 is 2.21 bits per heavy atom. The van der Waals surface area contributed by atoms with Crippen molar-refractivity contribution in [2.75, 3.05) is 13.1 Å². The average Bonchev–Trinajstić information content (AvgIpc) is 2.18. The minimum absolute atomic E-state index is 0.0349. The summed E-state index contributed by atoms with van der Waals surface area (Å²) >= 11 is 0. The number of fused-ring (bicyclic) bond motifs is 1. The zero-order chi connectivity index (χ0) is 10.1. The Hall–Kier alpha value is -0.830. The van der Waals surface area contributed by atoms with E-state index < -0.39 is 0 Å². The number of nitrogens with zero attached hydrogens (tertiary/aromatic N) is 1. The Morgan fingerprint density at radius 1 is 1.43 bits per heavy atom. The summed E-state index contributed by atoms with van der Waals surface area (Å²) in [6, 6.07) is 0.136. The third-order valence-corrected chi connectivity index (χ3v) is 3.31. The molecule has 0 saturated carbocycles. The van der Waals surface area contributed by atoms with Gasteiger partial charge in [0.25, 0.3) is 0 Å². The first-order valence-electron chi connectivity index (χ1n) is 5.37. The Balaban J connectivity index is 2.24. The highest BCUT2D eigenvalue weighted by molar-refractivity contribution is 5.94. The van der Waals surface area contributed by atoms with Gasteiger partial charge in [-0.05, 0) is 32.7 Å². The third-order valence-electron chi connectivity index (χ3n) is 3.31. The molecule has 1 unspecified atom stereocenters. The fourth-order valence-electron chi connectivity index (χ4n) is 2.51. The fraction of sp³-hybridized carbons (Fsp3) is 0.727. The fourth-order valence-corrected chi connectivity index (χ4v) is 2.51. The van der Waals surface area contributed by atoms with Crippen LogP contribution >= 0.6 is 0 Å². The van der Waals surface area contributed by atoms with Crippen LogP contribution in [0, 0.1) is 0 Å². The molecule has 2 aliphatic heterocycles. The van der Waals surface area contributed by atoms with Crippen LogP contribution in [0.1, 0.15) is 32.6 Å². The second kappa shape index (κ2) is 3.73. The summed E-state index contributed by atoms with van der Waals surface area (Å²) < 4.78 is 0. The van der Waals surface area contributed by atoms with E-state index in [2.05, 4.69) is 4.90 Å². The van der Waals surface area contributed by atoms with Crippen molar-refractivity contribution in [1.29, 1.82) is 0 Å². The molecular weight excluding hydrogens is 178 g/mol. The lowest BCUT2D eigenvalue weighted by Crippen LogP contribution is -2.45. The van der Waals surface area contributed by atoms with Gasteiger partial charge in [-0.15, -0.1) is 0 Å². The van der Waals surface area contributed by atoms with Crippen LogP contribution in [0.5, 0.6) is 0 Å². The molecule has 0 aromatic rings. The Labute approximate surface area is 84.4 Å². The van der Waals surface area contributed by atoms with Gasteiger partial charge in [-0.3, -0.25) is 9.69 Å². The Bertz CT molecular complexity index is 283. The van der Waals surface area contributed by atoms with E-state index >= 15 is 0 Å². The number of ketones is 1. The molecular formula is C11H17NO2. The zero-order valence-corrected chi connectivity index (χ0v) is 8.62. The molecule has 0 aromatic carbocycles. The Kier molecular flexibility index (Phi) is 2.59. The molecule has 1 fully saturated rings. The molecule has 1 saturated heterocycles. The number of Topliss-reactive ketones (excluding diaryl/α,β-unsaturated/α-hetero) is 1. The normalized spacial score (nSPS) is 28.8. The maximum atomic E-state index is 11.2. The minimum atomic E-state index is 0.0349. The standard InChI is InChI=1S/C11H17NO2/c1-8(13)9-5-7-12-6-3-2-4-10(12)11(9)14/h10,14H,2-7H2,1H3. The second-order valence-corrected chi connectivity index (χ2v) is 4.22. The lowest BCUT2D eigenvalue weighted by molar-refractivity contribution is -0.114. The number of rotatable bonds is 1. The number of hydrogen-bond donors (Lipinski definition) is 1. The van der Waals surface area contributed by atoms with Crippen molar-refractivity contribution < 1.29 is 9.90 Å². The summed E-state index contributed by atoms with van der Waals surface area (Å²) in [4.78, 5) is 13.5. The summed E-state index contributed by atoms with van der Waals surface area (Å²) in [5.74, 6) is 0.385. The first kappa shape index (κ1) is 9.71. The summed E-state index contributed by atoms with van der Waals surface area (Å²) in [5.41, 5.74) is 0.660. The SMILES string of the molecule is CC(=O)C1=C(O)C2CCCCN2CC1. The summed E-state index contributed by atoms with van der Waals surface area (Å²) in [7, 11) is 0. The van der Waals surface area contributed by atoms with E-state index in [1.807, 2.05) is 0 Å². The van der Waals surface area contributed by atoms with Crippen LogP contribution < -0.4 is 0 Å². The van der Waals surface area contributed by atoms with Crippen molar-refractivity contribution in [2.45, 2.75) is 38.6 Å². The smallest absolute Gasteiger partial charge is 0.159 e. The van der Waals surface area contributed by atoms with Gasteiger partial charge in [0.1, 0.15) is 5.76 Å². The summed E-state index contributed by atoms with van der Waals surface area (Å²) in [6.45, 7) is 3.55. The van der Waals surface area contributed by atoms with E-state index in [0.717, 1.165) is 32.4 Å². The van der Waals surface area contributed by atoms with Gasteiger partial charge in [0.2, 0.25) is 0 Å². The van der Waals surface area contributed by atoms with Crippen LogP contribution in [-0.2, 0) is 4.79 Å². The molecule has 0 radical (unpaired) electrons. The van der Waals surface area contributed by atoms with Gasteiger partial charge < -0.3 is 5.11 Å². The van der Waals surface area contributed by atoms with E-state index in [0.29, 0.717) is 11.3 Å². The van der Waals surface area contributed by atoms with Crippen LogP contribution in [-0.4, -0.2) is 34.9 Å². The highest BCUT2D eigenvalue weighted by atomic mass is 16.3. The molecule has 3 nitrogen and oxygen atoms in total. The van der Waals surface area contributed by atoms with Crippen LogP contribution in [0.3, 0.4) is 0 Å². The molecule has 0 bridgehead atoms. The molecule has 2 rings (SSSR count). The molecule has 0 aliphatic carbocycles. The molecule has 3 heteroatoms. The summed E-state index contributed by atoms with van der Waals surface area (Å²) in [6.07, 6.45) is 4.11. The number of hydrogen-bond acceptors (Lipinski definition) is 3. The monoisotopic (exact) mass is 195 g/mol. The van der Waals surface area contributed by atoms with E-state index in [9.17, 15) is 9.90 Å². The maximum Gasteiger partial charge on any atom is 0.159 e. The van der Waals surface area contributed by atoms with Crippen molar-refractivity contribution in [1.82, 2.24) is 4.90 Å². The van der Waals surface area contributed by atoms with Crippen molar-refractivity contribution in [3.63, 3.8) is 0 Å². The molecule has 1 atom stereocenters. The van der Waals surface area contributed by atoms with Gasteiger partial charge in [0.05, 0.1) is 6.04 Å². The van der Waals surface area contributed by atoms with Crippen molar-refractivity contribution in [2.24, 2.45) is 0 Å². The van der Waals surface area contributed by atoms with E-state index in [1.54, 1.807) is 6.92 Å². The van der Waals surface area contributed by atoms with Gasteiger partial charge in [0, 0.05) is 12.1 Å². The van der Waals surface area contributed by atoms with Crippen molar-refractivity contribution >= 4 is 5.78 Å². The maximum absolute atomic E-state index is 11.2. The molecule has 0 amide bonds. The lowest BCUT2D eigenvalue weighted by atomic mass is 9.91. The predicted octanol–water partition coefficient (Wildman–Crippen LogP) is 1.65. The van der Waals surface area contributed by atoms with Crippen LogP contribution in [0.15, 0.2) is 11.3 Å². The molecule has 2 heterocycles. The van der Waals surface area contributed by atoms with E-state index in [4.69, 9.17) is 0 Å². The topological polar surface area (TPSA) is 40.5 Å². The molecule has 78 valence electrons. The molecule has 14 heavy (non-hydrogen) atoms. The summed E-state index contributed by atoms with van der Waals surface area (Å²) in [5, 5.41) is 9.95. The number of carbonyl (C=O) groups is 1. The van der Waals surface area contributed by atoms with E-state index in [-0.39, 0.29) is 11.8 Å². The van der Waals surface area contributed by atoms with Crippen molar-refractivity contribution in [3.05, 3.63) is 11.3 Å². The average molecular weight is 195 g/mol. The molecule has 2 aliphatic rings. The van der Waals surface area contributed by atoms with E-state index in [1.165, 1.54) is 6.42 Å². The molecule has 1 N–H and O–H groups in total. The van der Waals surface area contributed by atoms with Crippen LogP contribution in [0.2, 0.25) is 0 Å². The number of piperidine rings is 1. The number of aliphatic hydroxyl groups is 1. The molecule has 0 aromatic heterocycles. The largest absolute Gasteiger partial charge is 0.510 e. The first-order valence-corrected chi connectivity index (χ1v) is 5.37. The number of carbonyl (C=O) groups excluding carboxylic acids is 1. The van der Waals surface area contributed by atoms with Gasteiger partial charge in [0.15, 0.2) is 5.78 Å². The zero-order valence-electron chi connectivity index (χ0n) is 8.62. The highest BCUT2D eigenvalue weighted by Crippen LogP contribution is 2.29. The minimum Gasteiger partial charge on any atom is -0.510 e.